The van der Waals surface area contributed by atoms with Crippen molar-refractivity contribution in [3.05, 3.63) is 39.7 Å². The molecule has 0 saturated heterocycles. The number of nitrogens with two attached hydrogens (primary N) is 1. The summed E-state index contributed by atoms with van der Waals surface area (Å²) in [4.78, 5) is 10.6. The van der Waals surface area contributed by atoms with Crippen LogP contribution >= 0.6 is 0 Å². The van der Waals surface area contributed by atoms with Gasteiger partial charge >= 0.3 is 5.69 Å². The zero-order chi connectivity index (χ0) is 15.4. The van der Waals surface area contributed by atoms with Gasteiger partial charge in [-0.05, 0) is 12.1 Å². The Balaban J connectivity index is 2.54. The molecule has 2 N–H and O–H groups in total. The molecule has 9 heteroatoms. The maximum atomic E-state index is 11.1. The molecule has 0 aliphatic carbocycles. The monoisotopic (exact) mass is 293 g/mol. The lowest BCUT2D eigenvalue weighted by atomic mass is 10.2. The second kappa shape index (κ2) is 6.29. The Morgan fingerprint density at radius 3 is 2.76 bits per heavy atom. The third kappa shape index (κ3) is 2.83. The number of rotatable bonds is 6. The van der Waals surface area contributed by atoms with Crippen molar-refractivity contribution in [3.63, 3.8) is 0 Å². The van der Waals surface area contributed by atoms with Crippen LogP contribution in [-0.4, -0.2) is 34.1 Å². The summed E-state index contributed by atoms with van der Waals surface area (Å²) in [7, 11) is 2.91. The Kier molecular flexibility index (Phi) is 4.45. The predicted octanol–water partition coefficient (Wildman–Crippen LogP) is 0.789. The van der Waals surface area contributed by atoms with Crippen LogP contribution in [0.15, 0.2) is 18.2 Å². The van der Waals surface area contributed by atoms with Gasteiger partial charge in [-0.1, -0.05) is 5.21 Å². The Hall–Kier alpha value is -2.52. The van der Waals surface area contributed by atoms with E-state index in [0.717, 1.165) is 0 Å². The number of hydrogen-bond acceptors (Lipinski definition) is 7. The smallest absolute Gasteiger partial charge is 0.313 e. The summed E-state index contributed by atoms with van der Waals surface area (Å²) in [5.41, 5.74) is 7.17. The van der Waals surface area contributed by atoms with Crippen molar-refractivity contribution in [2.45, 2.75) is 13.2 Å². The highest BCUT2D eigenvalue weighted by Crippen LogP contribution is 2.29. The van der Waals surface area contributed by atoms with Crippen molar-refractivity contribution < 1.29 is 14.4 Å². The highest BCUT2D eigenvalue weighted by Gasteiger charge is 2.19. The topological polar surface area (TPSA) is 118 Å². The van der Waals surface area contributed by atoms with Crippen LogP contribution in [0, 0.1) is 10.1 Å². The van der Waals surface area contributed by atoms with E-state index in [1.807, 2.05) is 0 Å². The van der Waals surface area contributed by atoms with Crippen LogP contribution in [0.25, 0.3) is 5.69 Å². The first kappa shape index (κ1) is 14.9. The summed E-state index contributed by atoms with van der Waals surface area (Å²) in [6.45, 7) is 0.455. The minimum Gasteiger partial charge on any atom is -0.490 e. The normalized spacial score (nSPS) is 10.6. The Morgan fingerprint density at radius 1 is 1.43 bits per heavy atom. The van der Waals surface area contributed by atoms with Gasteiger partial charge in [0.05, 0.1) is 30.0 Å². The molecule has 2 rings (SSSR count). The van der Waals surface area contributed by atoms with Crippen molar-refractivity contribution >= 4 is 5.69 Å². The Bertz CT molecular complexity index is 655. The molecule has 0 spiro atoms. The van der Waals surface area contributed by atoms with Crippen molar-refractivity contribution in [3.8, 4) is 11.4 Å². The summed E-state index contributed by atoms with van der Waals surface area (Å²) >= 11 is 0. The number of nitro benzene ring substituents is 1. The SMILES string of the molecule is COCc1c(CN)nnn1-c1ccc(OC)c([N+](=O)[O-])c1. The Morgan fingerprint density at radius 2 is 2.19 bits per heavy atom. The molecule has 1 aromatic carbocycles. The average Bonchev–Trinajstić information content (AvgIpc) is 2.89. The molecule has 112 valence electrons. The van der Waals surface area contributed by atoms with Crippen LogP contribution in [0.2, 0.25) is 0 Å². The molecule has 0 atom stereocenters. The van der Waals surface area contributed by atoms with E-state index in [0.29, 0.717) is 17.1 Å². The summed E-state index contributed by atoms with van der Waals surface area (Å²) in [5, 5.41) is 19.0. The molecule has 0 unspecified atom stereocenters. The molecular formula is C12H15N5O4. The third-order valence-electron chi connectivity index (χ3n) is 2.92. The van der Waals surface area contributed by atoms with Gasteiger partial charge in [-0.25, -0.2) is 4.68 Å². The lowest BCUT2D eigenvalue weighted by molar-refractivity contribution is -0.385. The summed E-state index contributed by atoms with van der Waals surface area (Å²) in [5.74, 6) is 0.177. The number of hydrogen-bond donors (Lipinski definition) is 1. The van der Waals surface area contributed by atoms with Crippen LogP contribution in [0.3, 0.4) is 0 Å². The zero-order valence-corrected chi connectivity index (χ0v) is 11.6. The molecule has 2 aromatic rings. The number of benzene rings is 1. The number of ether oxygens (including phenoxy) is 2. The number of nitrogens with zero attached hydrogens (tertiary/aromatic N) is 4. The van der Waals surface area contributed by atoms with Crippen LogP contribution in [-0.2, 0) is 17.9 Å². The number of aromatic nitrogens is 3. The van der Waals surface area contributed by atoms with Crippen LogP contribution < -0.4 is 10.5 Å². The van der Waals surface area contributed by atoms with Gasteiger partial charge in [0.2, 0.25) is 0 Å². The standard InChI is InChI=1S/C12H15N5O4/c1-20-7-11-9(6-13)14-15-16(11)8-3-4-12(21-2)10(5-8)17(18)19/h3-5H,6-7,13H2,1-2H3. The van der Waals surface area contributed by atoms with Gasteiger partial charge in [-0.2, -0.15) is 0 Å². The molecular weight excluding hydrogens is 278 g/mol. The van der Waals surface area contributed by atoms with E-state index in [9.17, 15) is 10.1 Å². The average molecular weight is 293 g/mol. The van der Waals surface area contributed by atoms with Crippen molar-refractivity contribution in [1.82, 2.24) is 15.0 Å². The number of nitro groups is 1. The first-order valence-corrected chi connectivity index (χ1v) is 6.07. The fourth-order valence-corrected chi connectivity index (χ4v) is 1.93. The first-order chi connectivity index (χ1) is 10.1. The number of methoxy groups -OCH3 is 2. The van der Waals surface area contributed by atoms with Gasteiger partial charge in [-0.15, -0.1) is 5.10 Å². The maximum absolute atomic E-state index is 11.1. The fourth-order valence-electron chi connectivity index (χ4n) is 1.93. The lowest BCUT2D eigenvalue weighted by Gasteiger charge is -2.08. The molecule has 0 bridgehead atoms. The Labute approximate surface area is 120 Å². The van der Waals surface area contributed by atoms with Gasteiger partial charge < -0.3 is 15.2 Å². The molecule has 0 saturated carbocycles. The molecule has 0 radical (unpaired) electrons. The van der Waals surface area contributed by atoms with E-state index in [4.69, 9.17) is 15.2 Å². The fraction of sp³-hybridized carbons (Fsp3) is 0.333. The van der Waals surface area contributed by atoms with E-state index in [1.165, 1.54) is 31.0 Å². The molecule has 9 nitrogen and oxygen atoms in total. The van der Waals surface area contributed by atoms with Gasteiger partial charge in [-0.3, -0.25) is 10.1 Å². The molecule has 21 heavy (non-hydrogen) atoms. The zero-order valence-electron chi connectivity index (χ0n) is 11.6. The molecule has 1 heterocycles. The first-order valence-electron chi connectivity index (χ1n) is 6.07. The van der Waals surface area contributed by atoms with Crippen molar-refractivity contribution in [2.75, 3.05) is 14.2 Å². The third-order valence-corrected chi connectivity index (χ3v) is 2.92. The van der Waals surface area contributed by atoms with Gasteiger partial charge in [0, 0.05) is 19.7 Å². The second-order valence-electron chi connectivity index (χ2n) is 4.15. The highest BCUT2D eigenvalue weighted by molar-refractivity contribution is 5.53. The summed E-state index contributed by atoms with van der Waals surface area (Å²) in [6, 6.07) is 4.53. The van der Waals surface area contributed by atoms with Crippen molar-refractivity contribution in [1.29, 1.82) is 0 Å². The van der Waals surface area contributed by atoms with E-state index in [2.05, 4.69) is 10.3 Å². The van der Waals surface area contributed by atoms with Gasteiger partial charge in [0.1, 0.15) is 5.69 Å². The molecule has 0 aliphatic rings. The van der Waals surface area contributed by atoms with E-state index in [1.54, 1.807) is 6.07 Å². The van der Waals surface area contributed by atoms with Crippen LogP contribution in [0.4, 0.5) is 5.69 Å². The highest BCUT2D eigenvalue weighted by atomic mass is 16.6. The van der Waals surface area contributed by atoms with Gasteiger partial charge in [0.25, 0.3) is 0 Å². The van der Waals surface area contributed by atoms with Crippen molar-refractivity contribution in [2.24, 2.45) is 5.73 Å². The molecule has 1 aromatic heterocycles. The minimum atomic E-state index is -0.515. The maximum Gasteiger partial charge on any atom is 0.313 e. The summed E-state index contributed by atoms with van der Waals surface area (Å²) in [6.07, 6.45) is 0. The van der Waals surface area contributed by atoms with Crippen LogP contribution in [0.5, 0.6) is 5.75 Å². The van der Waals surface area contributed by atoms with E-state index in [-0.39, 0.29) is 24.6 Å². The summed E-state index contributed by atoms with van der Waals surface area (Å²) < 4.78 is 11.5. The quantitative estimate of drug-likeness (QED) is 0.617. The predicted molar refractivity (Wildman–Crippen MR) is 73.2 cm³/mol. The lowest BCUT2D eigenvalue weighted by Crippen LogP contribution is -2.07. The molecule has 0 aliphatic heterocycles. The minimum absolute atomic E-state index is 0.150. The van der Waals surface area contributed by atoms with E-state index < -0.39 is 4.92 Å². The second-order valence-corrected chi connectivity index (χ2v) is 4.15. The van der Waals surface area contributed by atoms with E-state index >= 15 is 0 Å². The van der Waals surface area contributed by atoms with Crippen LogP contribution in [0.1, 0.15) is 11.4 Å². The van der Waals surface area contributed by atoms with Gasteiger partial charge in [0.15, 0.2) is 5.75 Å². The molecule has 0 fully saturated rings. The molecule has 0 amide bonds. The largest absolute Gasteiger partial charge is 0.490 e.